The Balaban J connectivity index is 2.09. The molecule has 0 amide bonds. The fourth-order valence-electron chi connectivity index (χ4n) is 1.80. The molecule has 1 N–H and O–H groups in total. The molecule has 0 aliphatic rings. The molecule has 0 bridgehead atoms. The number of carbonyl (C=O) groups excluding carboxylic acids is 2. The van der Waals surface area contributed by atoms with E-state index in [1.54, 1.807) is 31.3 Å². The van der Waals surface area contributed by atoms with Crippen LogP contribution in [0.5, 0.6) is 0 Å². The Morgan fingerprint density at radius 3 is 2.63 bits per heavy atom. The average Bonchev–Trinajstić information content (AvgIpc) is 2.87. The Morgan fingerprint density at radius 2 is 1.95 bits per heavy atom. The summed E-state index contributed by atoms with van der Waals surface area (Å²) >= 11 is 0. The third kappa shape index (κ3) is 3.31. The Morgan fingerprint density at radius 1 is 1.21 bits per heavy atom. The van der Waals surface area contributed by atoms with Crippen LogP contribution in [0.4, 0.5) is 0 Å². The Bertz CT molecular complexity index is 572. The van der Waals surface area contributed by atoms with E-state index in [0.717, 1.165) is 5.56 Å². The van der Waals surface area contributed by atoms with Crippen LogP contribution in [0.3, 0.4) is 0 Å². The van der Waals surface area contributed by atoms with Crippen LogP contribution in [0.2, 0.25) is 0 Å². The molecule has 2 aromatic rings. The predicted octanol–water partition coefficient (Wildman–Crippen LogP) is 2.35. The first kappa shape index (κ1) is 13.1. The van der Waals surface area contributed by atoms with E-state index in [-0.39, 0.29) is 18.2 Å². The van der Waals surface area contributed by atoms with E-state index in [1.807, 2.05) is 18.2 Å². The maximum Gasteiger partial charge on any atom is 0.310 e. The third-order valence-electron chi connectivity index (χ3n) is 2.68. The van der Waals surface area contributed by atoms with Crippen LogP contribution in [0.15, 0.2) is 42.6 Å². The molecule has 4 nitrogen and oxygen atoms in total. The molecule has 1 aromatic carbocycles. The second-order valence-electron chi connectivity index (χ2n) is 4.10. The van der Waals surface area contributed by atoms with Crippen molar-refractivity contribution in [3.05, 3.63) is 59.4 Å². The van der Waals surface area contributed by atoms with Crippen LogP contribution in [0.25, 0.3) is 0 Å². The lowest BCUT2D eigenvalue weighted by atomic mass is 10.1. The molecule has 98 valence electrons. The molecule has 0 aliphatic heterocycles. The van der Waals surface area contributed by atoms with Crippen LogP contribution in [-0.2, 0) is 16.0 Å². The SMILES string of the molecule is CCOC(=O)Cc1c[nH]c(C(=O)c2ccccc2)c1. The summed E-state index contributed by atoms with van der Waals surface area (Å²) < 4.78 is 4.86. The quantitative estimate of drug-likeness (QED) is 0.660. The van der Waals surface area contributed by atoms with Crippen LogP contribution >= 0.6 is 0 Å². The zero-order chi connectivity index (χ0) is 13.7. The summed E-state index contributed by atoms with van der Waals surface area (Å²) in [6, 6.07) is 10.7. The van der Waals surface area contributed by atoms with Gasteiger partial charge in [0.05, 0.1) is 18.7 Å². The van der Waals surface area contributed by atoms with Gasteiger partial charge in [-0.05, 0) is 18.6 Å². The van der Waals surface area contributed by atoms with Gasteiger partial charge in [-0.2, -0.15) is 0 Å². The summed E-state index contributed by atoms with van der Waals surface area (Å²) in [5.41, 5.74) is 1.84. The minimum Gasteiger partial charge on any atom is -0.466 e. The number of hydrogen-bond acceptors (Lipinski definition) is 3. The molecule has 0 saturated heterocycles. The van der Waals surface area contributed by atoms with Gasteiger partial charge in [-0.1, -0.05) is 30.3 Å². The summed E-state index contributed by atoms with van der Waals surface area (Å²) in [6.07, 6.45) is 1.83. The number of ketones is 1. The molecule has 0 spiro atoms. The highest BCUT2D eigenvalue weighted by Gasteiger charge is 2.12. The average molecular weight is 257 g/mol. The topological polar surface area (TPSA) is 59.2 Å². The number of rotatable bonds is 5. The van der Waals surface area contributed by atoms with E-state index in [2.05, 4.69) is 4.98 Å². The molecular weight excluding hydrogens is 242 g/mol. The molecule has 19 heavy (non-hydrogen) atoms. The summed E-state index contributed by atoms with van der Waals surface area (Å²) in [7, 11) is 0. The smallest absolute Gasteiger partial charge is 0.310 e. The van der Waals surface area contributed by atoms with E-state index < -0.39 is 0 Å². The number of H-pyrrole nitrogens is 1. The van der Waals surface area contributed by atoms with Crippen molar-refractivity contribution in [3.63, 3.8) is 0 Å². The Labute approximate surface area is 111 Å². The summed E-state index contributed by atoms with van der Waals surface area (Å²) in [5, 5.41) is 0. The second kappa shape index (κ2) is 6.00. The first-order chi connectivity index (χ1) is 9.20. The lowest BCUT2D eigenvalue weighted by Gasteiger charge is -1.98. The van der Waals surface area contributed by atoms with E-state index in [9.17, 15) is 9.59 Å². The molecular formula is C15H15NO3. The number of esters is 1. The Kier molecular flexibility index (Phi) is 4.13. The fraction of sp³-hybridized carbons (Fsp3) is 0.200. The van der Waals surface area contributed by atoms with Crippen LogP contribution in [0, 0.1) is 0 Å². The van der Waals surface area contributed by atoms with Crippen LogP contribution in [0.1, 0.15) is 28.5 Å². The van der Waals surface area contributed by atoms with Gasteiger partial charge in [0.15, 0.2) is 0 Å². The monoisotopic (exact) mass is 257 g/mol. The maximum absolute atomic E-state index is 12.1. The van der Waals surface area contributed by atoms with E-state index in [0.29, 0.717) is 17.9 Å². The van der Waals surface area contributed by atoms with Gasteiger partial charge in [0, 0.05) is 11.8 Å². The minimum absolute atomic E-state index is 0.0873. The van der Waals surface area contributed by atoms with Crippen molar-refractivity contribution in [2.75, 3.05) is 6.61 Å². The summed E-state index contributed by atoms with van der Waals surface area (Å²) in [4.78, 5) is 26.4. The summed E-state index contributed by atoms with van der Waals surface area (Å²) in [5.74, 6) is -0.379. The van der Waals surface area contributed by atoms with Crippen molar-refractivity contribution in [1.82, 2.24) is 4.98 Å². The van der Waals surface area contributed by atoms with Crippen molar-refractivity contribution in [2.45, 2.75) is 13.3 Å². The zero-order valence-corrected chi connectivity index (χ0v) is 10.7. The highest BCUT2D eigenvalue weighted by molar-refractivity contribution is 6.07. The second-order valence-corrected chi connectivity index (χ2v) is 4.10. The highest BCUT2D eigenvalue weighted by atomic mass is 16.5. The number of benzene rings is 1. The molecule has 1 aromatic heterocycles. The minimum atomic E-state index is -0.291. The van der Waals surface area contributed by atoms with Crippen molar-refractivity contribution in [3.8, 4) is 0 Å². The number of ether oxygens (including phenoxy) is 1. The number of hydrogen-bond donors (Lipinski definition) is 1. The largest absolute Gasteiger partial charge is 0.466 e. The lowest BCUT2D eigenvalue weighted by molar-refractivity contribution is -0.142. The molecule has 0 radical (unpaired) electrons. The molecule has 0 saturated carbocycles. The van der Waals surface area contributed by atoms with E-state index in [4.69, 9.17) is 4.74 Å². The first-order valence-corrected chi connectivity index (χ1v) is 6.13. The van der Waals surface area contributed by atoms with Gasteiger partial charge in [0.1, 0.15) is 0 Å². The van der Waals surface area contributed by atoms with Gasteiger partial charge in [-0.15, -0.1) is 0 Å². The maximum atomic E-state index is 12.1. The number of aromatic nitrogens is 1. The highest BCUT2D eigenvalue weighted by Crippen LogP contribution is 2.11. The number of carbonyl (C=O) groups is 2. The van der Waals surface area contributed by atoms with Gasteiger partial charge < -0.3 is 9.72 Å². The predicted molar refractivity (Wildman–Crippen MR) is 71.0 cm³/mol. The van der Waals surface area contributed by atoms with Crippen molar-refractivity contribution >= 4 is 11.8 Å². The van der Waals surface area contributed by atoms with Gasteiger partial charge in [-0.3, -0.25) is 9.59 Å². The van der Waals surface area contributed by atoms with Gasteiger partial charge in [0.2, 0.25) is 5.78 Å². The van der Waals surface area contributed by atoms with Crippen LogP contribution in [-0.4, -0.2) is 23.3 Å². The third-order valence-corrected chi connectivity index (χ3v) is 2.68. The molecule has 0 aliphatic carbocycles. The first-order valence-electron chi connectivity index (χ1n) is 6.13. The van der Waals surface area contributed by atoms with Crippen molar-refractivity contribution < 1.29 is 14.3 Å². The standard InChI is InChI=1S/C15H15NO3/c1-2-19-14(17)9-11-8-13(16-10-11)15(18)12-6-4-3-5-7-12/h3-8,10,16H,2,9H2,1H3. The molecule has 1 heterocycles. The van der Waals surface area contributed by atoms with Gasteiger partial charge >= 0.3 is 5.97 Å². The fourth-order valence-corrected chi connectivity index (χ4v) is 1.80. The normalized spacial score (nSPS) is 10.2. The van der Waals surface area contributed by atoms with Crippen LogP contribution < -0.4 is 0 Å². The molecule has 2 rings (SSSR count). The Hall–Kier alpha value is -2.36. The summed E-state index contributed by atoms with van der Waals surface area (Å²) in [6.45, 7) is 2.12. The molecule has 0 atom stereocenters. The lowest BCUT2D eigenvalue weighted by Crippen LogP contribution is -2.06. The van der Waals surface area contributed by atoms with Gasteiger partial charge in [-0.25, -0.2) is 0 Å². The number of aromatic amines is 1. The zero-order valence-electron chi connectivity index (χ0n) is 10.7. The molecule has 0 fully saturated rings. The van der Waals surface area contributed by atoms with Crippen molar-refractivity contribution in [1.29, 1.82) is 0 Å². The van der Waals surface area contributed by atoms with E-state index >= 15 is 0 Å². The van der Waals surface area contributed by atoms with Gasteiger partial charge in [0.25, 0.3) is 0 Å². The van der Waals surface area contributed by atoms with Crippen molar-refractivity contribution in [2.24, 2.45) is 0 Å². The number of nitrogens with one attached hydrogen (secondary N) is 1. The van der Waals surface area contributed by atoms with E-state index in [1.165, 1.54) is 0 Å². The molecule has 0 unspecified atom stereocenters. The molecule has 4 heteroatoms.